The number of carbonyl (C=O) groups excluding carboxylic acids is 2. The van der Waals surface area contributed by atoms with E-state index in [1.54, 1.807) is 31.2 Å². The number of anilines is 3. The molecule has 2 rings (SSSR count). The fourth-order valence-electron chi connectivity index (χ4n) is 2.12. The van der Waals surface area contributed by atoms with E-state index in [2.05, 4.69) is 16.0 Å². The average molecular weight is 346 g/mol. The molecule has 0 radical (unpaired) electrons. The van der Waals surface area contributed by atoms with Gasteiger partial charge in [0.15, 0.2) is 0 Å². The maximum atomic E-state index is 12.1. The summed E-state index contributed by atoms with van der Waals surface area (Å²) >= 11 is 5.91. The molecule has 2 aromatic rings. The highest BCUT2D eigenvalue weighted by Crippen LogP contribution is 2.23. The van der Waals surface area contributed by atoms with E-state index in [1.165, 1.54) is 0 Å². The van der Waals surface area contributed by atoms with E-state index < -0.39 is 0 Å². The second-order valence-electron chi connectivity index (χ2n) is 5.29. The van der Waals surface area contributed by atoms with Gasteiger partial charge < -0.3 is 16.0 Å². The van der Waals surface area contributed by atoms with Crippen molar-refractivity contribution in [2.75, 3.05) is 22.5 Å². The Labute approximate surface area is 146 Å². The largest absolute Gasteiger partial charge is 0.376 e. The SMILES string of the molecule is CCC(=O)Nc1cccc(NC(=O)CNc2cccc(Cl)c2)c1C. The Bertz CT molecular complexity index is 747. The van der Waals surface area contributed by atoms with Gasteiger partial charge in [0.05, 0.1) is 6.54 Å². The van der Waals surface area contributed by atoms with Crippen molar-refractivity contribution >= 4 is 40.5 Å². The lowest BCUT2D eigenvalue weighted by Crippen LogP contribution is -2.22. The number of benzene rings is 2. The Morgan fingerprint density at radius 2 is 1.62 bits per heavy atom. The van der Waals surface area contributed by atoms with Crippen molar-refractivity contribution in [2.45, 2.75) is 20.3 Å². The molecule has 0 saturated heterocycles. The lowest BCUT2D eigenvalue weighted by atomic mass is 10.1. The third-order valence-corrected chi connectivity index (χ3v) is 3.72. The highest BCUT2D eigenvalue weighted by Gasteiger charge is 2.09. The van der Waals surface area contributed by atoms with E-state index in [1.807, 2.05) is 25.1 Å². The molecule has 5 nitrogen and oxygen atoms in total. The zero-order chi connectivity index (χ0) is 17.5. The van der Waals surface area contributed by atoms with Gasteiger partial charge in [0.2, 0.25) is 11.8 Å². The molecule has 0 unspecified atom stereocenters. The summed E-state index contributed by atoms with van der Waals surface area (Å²) in [4.78, 5) is 23.7. The second-order valence-corrected chi connectivity index (χ2v) is 5.73. The number of halogens is 1. The Morgan fingerprint density at radius 3 is 2.25 bits per heavy atom. The molecule has 2 amide bonds. The van der Waals surface area contributed by atoms with Gasteiger partial charge in [-0.15, -0.1) is 0 Å². The maximum absolute atomic E-state index is 12.1. The van der Waals surface area contributed by atoms with Crippen LogP contribution in [0.5, 0.6) is 0 Å². The molecule has 0 spiro atoms. The van der Waals surface area contributed by atoms with Gasteiger partial charge in [-0.1, -0.05) is 30.7 Å². The van der Waals surface area contributed by atoms with Crippen LogP contribution >= 0.6 is 11.6 Å². The first-order valence-corrected chi connectivity index (χ1v) is 8.06. The van der Waals surface area contributed by atoms with Gasteiger partial charge in [-0.25, -0.2) is 0 Å². The first-order chi connectivity index (χ1) is 11.5. The summed E-state index contributed by atoms with van der Waals surface area (Å²) < 4.78 is 0. The molecule has 0 heterocycles. The summed E-state index contributed by atoms with van der Waals surface area (Å²) in [5.74, 6) is -0.249. The van der Waals surface area contributed by atoms with E-state index in [0.717, 1.165) is 11.3 Å². The summed E-state index contributed by atoms with van der Waals surface area (Å²) in [5, 5.41) is 9.28. The number of rotatable bonds is 6. The van der Waals surface area contributed by atoms with E-state index in [4.69, 9.17) is 11.6 Å². The predicted octanol–water partition coefficient (Wildman–Crippen LogP) is 4.05. The molecule has 2 aromatic carbocycles. The van der Waals surface area contributed by atoms with Gasteiger partial charge in [0.25, 0.3) is 0 Å². The lowest BCUT2D eigenvalue weighted by Gasteiger charge is -2.13. The van der Waals surface area contributed by atoms with Gasteiger partial charge in [0, 0.05) is 28.5 Å². The monoisotopic (exact) mass is 345 g/mol. The molecule has 3 N–H and O–H groups in total. The summed E-state index contributed by atoms with van der Waals surface area (Å²) in [6.45, 7) is 3.76. The molecule has 6 heteroatoms. The van der Waals surface area contributed by atoms with Crippen LogP contribution in [0.25, 0.3) is 0 Å². The van der Waals surface area contributed by atoms with Gasteiger partial charge >= 0.3 is 0 Å². The Kier molecular flexibility index (Phi) is 6.21. The molecule has 0 aliphatic rings. The highest BCUT2D eigenvalue weighted by molar-refractivity contribution is 6.30. The molecule has 0 aliphatic heterocycles. The topological polar surface area (TPSA) is 70.2 Å². The maximum Gasteiger partial charge on any atom is 0.243 e. The van der Waals surface area contributed by atoms with Gasteiger partial charge in [-0.3, -0.25) is 9.59 Å². The van der Waals surface area contributed by atoms with Crippen molar-refractivity contribution in [2.24, 2.45) is 0 Å². The molecule has 0 saturated carbocycles. The summed E-state index contributed by atoms with van der Waals surface area (Å²) in [5.41, 5.74) is 2.96. The van der Waals surface area contributed by atoms with Crippen LogP contribution in [0.3, 0.4) is 0 Å². The highest BCUT2D eigenvalue weighted by atomic mass is 35.5. The smallest absolute Gasteiger partial charge is 0.243 e. The van der Waals surface area contributed by atoms with Crippen LogP contribution in [0.15, 0.2) is 42.5 Å². The second kappa shape index (κ2) is 8.36. The van der Waals surface area contributed by atoms with E-state index in [9.17, 15) is 9.59 Å². The number of amides is 2. The third-order valence-electron chi connectivity index (χ3n) is 3.48. The minimum atomic E-state index is -0.183. The molecule has 24 heavy (non-hydrogen) atoms. The van der Waals surface area contributed by atoms with Crippen LogP contribution in [0.4, 0.5) is 17.1 Å². The molecular weight excluding hydrogens is 326 g/mol. The summed E-state index contributed by atoms with van der Waals surface area (Å²) in [6.07, 6.45) is 0.402. The number of nitrogens with one attached hydrogen (secondary N) is 3. The van der Waals surface area contributed by atoms with Gasteiger partial charge in [-0.05, 0) is 42.8 Å². The van der Waals surface area contributed by atoms with Crippen molar-refractivity contribution < 1.29 is 9.59 Å². The zero-order valence-corrected chi connectivity index (χ0v) is 14.4. The zero-order valence-electron chi connectivity index (χ0n) is 13.7. The normalized spacial score (nSPS) is 10.1. The Balaban J connectivity index is 1.98. The van der Waals surface area contributed by atoms with Crippen LogP contribution in [-0.2, 0) is 9.59 Å². The van der Waals surface area contributed by atoms with E-state index in [-0.39, 0.29) is 18.4 Å². The van der Waals surface area contributed by atoms with Crippen LogP contribution in [0, 0.1) is 6.92 Å². The molecule has 126 valence electrons. The van der Waals surface area contributed by atoms with Crippen LogP contribution < -0.4 is 16.0 Å². The molecule has 0 aromatic heterocycles. The number of hydrogen-bond donors (Lipinski definition) is 3. The minimum Gasteiger partial charge on any atom is -0.376 e. The van der Waals surface area contributed by atoms with Crippen LogP contribution in [0.2, 0.25) is 5.02 Å². The molecular formula is C18H20ClN3O2. The van der Waals surface area contributed by atoms with E-state index >= 15 is 0 Å². The molecule has 0 atom stereocenters. The lowest BCUT2D eigenvalue weighted by molar-refractivity contribution is -0.116. The first-order valence-electron chi connectivity index (χ1n) is 7.68. The van der Waals surface area contributed by atoms with Crippen LogP contribution in [-0.4, -0.2) is 18.4 Å². The third kappa shape index (κ3) is 4.99. The predicted molar refractivity (Wildman–Crippen MR) is 98.7 cm³/mol. The van der Waals surface area contributed by atoms with Crippen molar-refractivity contribution in [1.29, 1.82) is 0 Å². The van der Waals surface area contributed by atoms with Crippen molar-refractivity contribution in [3.63, 3.8) is 0 Å². The number of hydrogen-bond acceptors (Lipinski definition) is 3. The standard InChI is InChI=1S/C18H20ClN3O2/c1-3-17(23)21-15-8-5-9-16(12(15)2)22-18(24)11-20-14-7-4-6-13(19)10-14/h4-10,20H,3,11H2,1-2H3,(H,21,23)(H,22,24). The van der Waals surface area contributed by atoms with E-state index in [0.29, 0.717) is 22.8 Å². The number of carbonyl (C=O) groups is 2. The summed E-state index contributed by atoms with van der Waals surface area (Å²) in [6, 6.07) is 12.6. The molecule has 0 bridgehead atoms. The molecule has 0 aliphatic carbocycles. The van der Waals surface area contributed by atoms with Crippen LogP contribution in [0.1, 0.15) is 18.9 Å². The van der Waals surface area contributed by atoms with Gasteiger partial charge in [0.1, 0.15) is 0 Å². The minimum absolute atomic E-state index is 0.0656. The summed E-state index contributed by atoms with van der Waals surface area (Å²) in [7, 11) is 0. The van der Waals surface area contributed by atoms with Gasteiger partial charge in [-0.2, -0.15) is 0 Å². The average Bonchev–Trinajstić information content (AvgIpc) is 2.56. The van der Waals surface area contributed by atoms with Crippen molar-refractivity contribution in [3.8, 4) is 0 Å². The quantitative estimate of drug-likeness (QED) is 0.739. The Morgan fingerprint density at radius 1 is 1.00 bits per heavy atom. The first kappa shape index (κ1) is 17.8. The van der Waals surface area contributed by atoms with Crippen molar-refractivity contribution in [3.05, 3.63) is 53.1 Å². The molecule has 0 fully saturated rings. The Hall–Kier alpha value is -2.53. The fraction of sp³-hybridized carbons (Fsp3) is 0.222. The van der Waals surface area contributed by atoms with Crippen molar-refractivity contribution in [1.82, 2.24) is 0 Å². The fourth-order valence-corrected chi connectivity index (χ4v) is 2.31.